The summed E-state index contributed by atoms with van der Waals surface area (Å²) in [6.07, 6.45) is 0.296. The molecule has 1 aliphatic rings. The maximum atomic E-state index is 11.7. The van der Waals surface area contributed by atoms with Gasteiger partial charge in [-0.25, -0.2) is 5.43 Å². The molecule has 7 nitrogen and oxygen atoms in total. The number of rotatable bonds is 4. The molecule has 0 fully saturated rings. The van der Waals surface area contributed by atoms with Crippen molar-refractivity contribution in [1.82, 2.24) is 10.7 Å². The van der Waals surface area contributed by atoms with Gasteiger partial charge in [-0.2, -0.15) is 5.10 Å². The van der Waals surface area contributed by atoms with Crippen LogP contribution < -0.4 is 10.7 Å². The van der Waals surface area contributed by atoms with Gasteiger partial charge >= 0.3 is 5.97 Å². The van der Waals surface area contributed by atoms with E-state index in [0.29, 0.717) is 0 Å². The number of carboxylic acids is 1. The Kier molecular flexibility index (Phi) is 3.82. The molecule has 7 heteroatoms. The molecule has 0 saturated heterocycles. The van der Waals surface area contributed by atoms with Crippen LogP contribution in [0.1, 0.15) is 33.1 Å². The number of hydrazone groups is 1. The number of carbonyl (C=O) groups excluding carboxylic acids is 2. The summed E-state index contributed by atoms with van der Waals surface area (Å²) in [5, 5.41) is 14.9. The SMILES string of the molecule is CC(C)(CC(=O)O)NC(=O)C1=NNC(=O)CC1. The third kappa shape index (κ3) is 4.21. The predicted octanol–water partition coefficient (Wildman–Crippen LogP) is -0.378. The van der Waals surface area contributed by atoms with Crippen molar-refractivity contribution in [3.05, 3.63) is 0 Å². The van der Waals surface area contributed by atoms with Gasteiger partial charge in [0.25, 0.3) is 5.91 Å². The first-order valence-corrected chi connectivity index (χ1v) is 5.20. The van der Waals surface area contributed by atoms with Crippen LogP contribution in [0.25, 0.3) is 0 Å². The molecule has 0 aliphatic carbocycles. The maximum absolute atomic E-state index is 11.7. The molecule has 0 bridgehead atoms. The van der Waals surface area contributed by atoms with Crippen molar-refractivity contribution in [3.8, 4) is 0 Å². The van der Waals surface area contributed by atoms with Crippen molar-refractivity contribution in [3.63, 3.8) is 0 Å². The molecule has 0 saturated carbocycles. The van der Waals surface area contributed by atoms with Crippen molar-refractivity contribution in [2.45, 2.75) is 38.6 Å². The van der Waals surface area contributed by atoms with E-state index in [-0.39, 0.29) is 30.9 Å². The Bertz CT molecular complexity index is 387. The Morgan fingerprint density at radius 2 is 2.12 bits per heavy atom. The Hall–Kier alpha value is -1.92. The number of carboxylic acid groups (broad SMARTS) is 1. The average molecular weight is 241 g/mol. The molecule has 1 rings (SSSR count). The summed E-state index contributed by atoms with van der Waals surface area (Å²) in [5.74, 6) is -1.67. The second kappa shape index (κ2) is 4.94. The Morgan fingerprint density at radius 3 is 2.59 bits per heavy atom. The molecular formula is C10H15N3O4. The first kappa shape index (κ1) is 13.1. The number of carbonyl (C=O) groups is 3. The van der Waals surface area contributed by atoms with E-state index in [4.69, 9.17) is 5.11 Å². The minimum absolute atomic E-state index is 0.182. The van der Waals surface area contributed by atoms with E-state index in [9.17, 15) is 14.4 Å². The fourth-order valence-electron chi connectivity index (χ4n) is 1.44. The largest absolute Gasteiger partial charge is 0.481 e. The van der Waals surface area contributed by atoms with Crippen molar-refractivity contribution in [2.24, 2.45) is 5.10 Å². The Balaban J connectivity index is 2.60. The minimum atomic E-state index is -0.991. The summed E-state index contributed by atoms with van der Waals surface area (Å²) in [6.45, 7) is 3.22. The van der Waals surface area contributed by atoms with Crippen LogP contribution >= 0.6 is 0 Å². The van der Waals surface area contributed by atoms with Gasteiger partial charge in [-0.15, -0.1) is 0 Å². The third-order valence-electron chi connectivity index (χ3n) is 2.21. The van der Waals surface area contributed by atoms with Gasteiger partial charge in [-0.3, -0.25) is 14.4 Å². The van der Waals surface area contributed by atoms with E-state index < -0.39 is 17.4 Å². The van der Waals surface area contributed by atoms with Gasteiger partial charge in [0.1, 0.15) is 5.71 Å². The molecule has 17 heavy (non-hydrogen) atoms. The third-order valence-corrected chi connectivity index (χ3v) is 2.21. The number of nitrogens with one attached hydrogen (secondary N) is 2. The van der Waals surface area contributed by atoms with Crippen molar-refractivity contribution in [1.29, 1.82) is 0 Å². The second-order valence-electron chi connectivity index (χ2n) is 4.50. The van der Waals surface area contributed by atoms with Crippen LogP contribution in [-0.4, -0.2) is 34.1 Å². The van der Waals surface area contributed by atoms with Crippen LogP contribution in [0.4, 0.5) is 0 Å². The van der Waals surface area contributed by atoms with Gasteiger partial charge in [0.05, 0.1) is 6.42 Å². The van der Waals surface area contributed by atoms with E-state index in [1.807, 2.05) is 0 Å². The van der Waals surface area contributed by atoms with Crippen LogP contribution in [0.5, 0.6) is 0 Å². The quantitative estimate of drug-likeness (QED) is 0.623. The lowest BCUT2D eigenvalue weighted by atomic mass is 10.00. The molecule has 3 N–H and O–H groups in total. The zero-order valence-electron chi connectivity index (χ0n) is 9.74. The number of amides is 2. The standard InChI is InChI=1S/C10H15N3O4/c1-10(2,5-8(15)16)11-9(17)6-3-4-7(14)13-12-6/h3-5H2,1-2H3,(H,11,17)(H,13,14)(H,15,16). The summed E-state index contributed by atoms with van der Waals surface area (Å²) in [4.78, 5) is 33.1. The molecule has 0 unspecified atom stereocenters. The van der Waals surface area contributed by atoms with E-state index in [2.05, 4.69) is 15.8 Å². The van der Waals surface area contributed by atoms with Gasteiger partial charge in [0, 0.05) is 18.4 Å². The highest BCUT2D eigenvalue weighted by molar-refractivity contribution is 6.39. The zero-order chi connectivity index (χ0) is 13.1. The summed E-state index contributed by atoms with van der Waals surface area (Å²) < 4.78 is 0. The highest BCUT2D eigenvalue weighted by Crippen LogP contribution is 2.09. The van der Waals surface area contributed by atoms with E-state index in [0.717, 1.165) is 0 Å². The molecule has 2 amide bonds. The van der Waals surface area contributed by atoms with Crippen molar-refractivity contribution >= 4 is 23.5 Å². The average Bonchev–Trinajstić information content (AvgIpc) is 2.15. The smallest absolute Gasteiger partial charge is 0.305 e. The monoisotopic (exact) mass is 241 g/mol. The van der Waals surface area contributed by atoms with Gasteiger partial charge in [-0.05, 0) is 13.8 Å². The number of hydrogen-bond donors (Lipinski definition) is 3. The first-order chi connectivity index (χ1) is 7.80. The Morgan fingerprint density at radius 1 is 1.47 bits per heavy atom. The van der Waals surface area contributed by atoms with Gasteiger partial charge in [0.15, 0.2) is 0 Å². The van der Waals surface area contributed by atoms with Crippen LogP contribution in [0.3, 0.4) is 0 Å². The summed E-state index contributed by atoms with van der Waals surface area (Å²) in [7, 11) is 0. The lowest BCUT2D eigenvalue weighted by molar-refractivity contribution is -0.138. The van der Waals surface area contributed by atoms with Gasteiger partial charge in [-0.1, -0.05) is 0 Å². The molecule has 94 valence electrons. The van der Waals surface area contributed by atoms with Crippen molar-refractivity contribution in [2.75, 3.05) is 0 Å². The molecular weight excluding hydrogens is 226 g/mol. The topological polar surface area (TPSA) is 108 Å². The highest BCUT2D eigenvalue weighted by atomic mass is 16.4. The van der Waals surface area contributed by atoms with Crippen molar-refractivity contribution < 1.29 is 19.5 Å². The molecule has 0 spiro atoms. The van der Waals surface area contributed by atoms with E-state index >= 15 is 0 Å². The zero-order valence-corrected chi connectivity index (χ0v) is 9.74. The summed E-state index contributed by atoms with van der Waals surface area (Å²) in [6, 6.07) is 0. The summed E-state index contributed by atoms with van der Waals surface area (Å²) in [5.41, 5.74) is 1.57. The maximum Gasteiger partial charge on any atom is 0.305 e. The van der Waals surface area contributed by atoms with Crippen LogP contribution in [0.2, 0.25) is 0 Å². The number of nitrogens with zero attached hydrogens (tertiary/aromatic N) is 1. The number of hydrogen-bond acceptors (Lipinski definition) is 4. The molecule has 0 atom stereocenters. The molecule has 1 heterocycles. The Labute approximate surface area is 98.3 Å². The normalized spacial score (nSPS) is 15.9. The van der Waals surface area contributed by atoms with Crippen LogP contribution in [0.15, 0.2) is 5.10 Å². The molecule has 0 aromatic heterocycles. The molecule has 0 aromatic carbocycles. The number of aliphatic carboxylic acids is 1. The fourth-order valence-corrected chi connectivity index (χ4v) is 1.44. The van der Waals surface area contributed by atoms with Gasteiger partial charge in [0.2, 0.25) is 5.91 Å². The molecule has 0 radical (unpaired) electrons. The van der Waals surface area contributed by atoms with E-state index in [1.165, 1.54) is 0 Å². The predicted molar refractivity (Wildman–Crippen MR) is 59.3 cm³/mol. The highest BCUT2D eigenvalue weighted by Gasteiger charge is 2.27. The lowest BCUT2D eigenvalue weighted by Crippen LogP contribution is -2.48. The van der Waals surface area contributed by atoms with Crippen LogP contribution in [-0.2, 0) is 14.4 Å². The molecule has 0 aromatic rings. The lowest BCUT2D eigenvalue weighted by Gasteiger charge is -2.25. The fraction of sp³-hybridized carbons (Fsp3) is 0.600. The van der Waals surface area contributed by atoms with Crippen LogP contribution in [0, 0.1) is 0 Å². The minimum Gasteiger partial charge on any atom is -0.481 e. The first-order valence-electron chi connectivity index (χ1n) is 5.20. The van der Waals surface area contributed by atoms with E-state index in [1.54, 1.807) is 13.8 Å². The molecule has 1 aliphatic heterocycles. The van der Waals surface area contributed by atoms with Gasteiger partial charge < -0.3 is 10.4 Å². The second-order valence-corrected chi connectivity index (χ2v) is 4.50. The summed E-state index contributed by atoms with van der Waals surface area (Å²) >= 11 is 0.